The summed E-state index contributed by atoms with van der Waals surface area (Å²) in [5, 5.41) is 0. The van der Waals surface area contributed by atoms with Crippen LogP contribution in [0.3, 0.4) is 0 Å². The molecule has 0 fully saturated rings. The van der Waals surface area contributed by atoms with E-state index < -0.39 is 0 Å². The van der Waals surface area contributed by atoms with Crippen LogP contribution in [-0.2, 0) is 0 Å². The molecule has 0 bridgehead atoms. The Morgan fingerprint density at radius 1 is 1.80 bits per heavy atom. The van der Waals surface area contributed by atoms with E-state index in [1.54, 1.807) is 0 Å². The summed E-state index contributed by atoms with van der Waals surface area (Å²) in [7, 11) is 0. The molecule has 0 aromatic rings. The predicted molar refractivity (Wildman–Crippen MR) is 20.5 cm³/mol. The van der Waals surface area contributed by atoms with Gasteiger partial charge in [0.15, 0.2) is 0 Å². The zero-order valence-corrected chi connectivity index (χ0v) is 4.43. The third kappa shape index (κ3) is 0.586. The summed E-state index contributed by atoms with van der Waals surface area (Å²) in [6.07, 6.45) is 1.86. The van der Waals surface area contributed by atoms with E-state index in [0.29, 0.717) is 0 Å². The third-order valence-corrected chi connectivity index (χ3v) is 1.41. The molecule has 0 saturated heterocycles. The molecule has 0 amide bonds. The fourth-order valence-electron chi connectivity index (χ4n) is 0.167. The Balaban J connectivity index is 2.61. The SMILES string of the molecule is C1=C[As]=NN1. The Bertz CT molecular complexity index is 65.7. The van der Waals surface area contributed by atoms with Gasteiger partial charge in [-0.2, -0.15) is 0 Å². The molecule has 1 rings (SSSR count). The minimum atomic E-state index is 0.188. The van der Waals surface area contributed by atoms with Gasteiger partial charge >= 0.3 is 36.0 Å². The van der Waals surface area contributed by atoms with Crippen LogP contribution < -0.4 is 5.43 Å². The van der Waals surface area contributed by atoms with Gasteiger partial charge < -0.3 is 0 Å². The Morgan fingerprint density at radius 3 is 3.00 bits per heavy atom. The van der Waals surface area contributed by atoms with Crippen molar-refractivity contribution in [2.24, 2.45) is 3.97 Å². The van der Waals surface area contributed by atoms with Crippen molar-refractivity contribution >= 4 is 15.6 Å². The predicted octanol–water partition coefficient (Wildman–Crippen LogP) is -0.136. The van der Waals surface area contributed by atoms with E-state index in [9.17, 15) is 0 Å². The maximum atomic E-state index is 3.82. The van der Waals surface area contributed by atoms with Crippen LogP contribution in [0.5, 0.6) is 0 Å². The molecule has 0 atom stereocenters. The van der Waals surface area contributed by atoms with Crippen LogP contribution in [0.25, 0.3) is 0 Å². The summed E-state index contributed by atoms with van der Waals surface area (Å²) in [5.41, 5.74) is 2.71. The van der Waals surface area contributed by atoms with Gasteiger partial charge in [0.2, 0.25) is 0 Å². The van der Waals surface area contributed by atoms with Gasteiger partial charge in [0, 0.05) is 0 Å². The second kappa shape index (κ2) is 1.36. The molecule has 1 N–H and O–H groups in total. The van der Waals surface area contributed by atoms with Crippen LogP contribution in [0.1, 0.15) is 0 Å². The van der Waals surface area contributed by atoms with Crippen molar-refractivity contribution in [1.29, 1.82) is 0 Å². The summed E-state index contributed by atoms with van der Waals surface area (Å²) < 4.78 is 3.82. The van der Waals surface area contributed by atoms with Crippen LogP contribution in [0.4, 0.5) is 0 Å². The van der Waals surface area contributed by atoms with Gasteiger partial charge in [-0.3, -0.25) is 0 Å². The van der Waals surface area contributed by atoms with Crippen LogP contribution in [-0.4, -0.2) is 15.6 Å². The van der Waals surface area contributed by atoms with Gasteiger partial charge in [-0.15, -0.1) is 0 Å². The van der Waals surface area contributed by atoms with E-state index in [4.69, 9.17) is 0 Å². The quantitative estimate of drug-likeness (QED) is 0.453. The Labute approximate surface area is 36.7 Å². The zero-order chi connectivity index (χ0) is 3.54. The summed E-state index contributed by atoms with van der Waals surface area (Å²) in [6, 6.07) is 0. The number of rotatable bonds is 0. The molecule has 0 aliphatic carbocycles. The fourth-order valence-corrected chi connectivity index (χ4v) is 0.866. The molecular formula is C2H3AsN2. The van der Waals surface area contributed by atoms with Crippen LogP contribution >= 0.6 is 0 Å². The molecule has 0 spiro atoms. The zero-order valence-electron chi connectivity index (χ0n) is 2.55. The molecule has 5 heavy (non-hydrogen) atoms. The molecule has 0 saturated carbocycles. The first-order chi connectivity index (χ1) is 2.50. The van der Waals surface area contributed by atoms with Crippen molar-refractivity contribution in [3.8, 4) is 0 Å². The van der Waals surface area contributed by atoms with Gasteiger partial charge in [-0.1, -0.05) is 0 Å². The number of hydrogen-bond acceptors (Lipinski definition) is 2. The van der Waals surface area contributed by atoms with Gasteiger partial charge in [-0.05, 0) is 0 Å². The summed E-state index contributed by atoms with van der Waals surface area (Å²) >= 11 is 0.188. The fraction of sp³-hybridized carbons (Fsp3) is 0. The van der Waals surface area contributed by atoms with Crippen molar-refractivity contribution < 1.29 is 0 Å². The normalized spacial score (nSPS) is 19.2. The van der Waals surface area contributed by atoms with Crippen LogP contribution in [0.15, 0.2) is 15.0 Å². The first kappa shape index (κ1) is 3.10. The Hall–Kier alpha value is -0.102. The molecular weight excluding hydrogens is 127 g/mol. The van der Waals surface area contributed by atoms with Crippen molar-refractivity contribution in [1.82, 2.24) is 5.43 Å². The van der Waals surface area contributed by atoms with E-state index in [0.717, 1.165) is 0 Å². The Kier molecular flexibility index (Phi) is 0.847. The summed E-state index contributed by atoms with van der Waals surface area (Å²) in [5.74, 6) is 0. The Morgan fingerprint density at radius 2 is 2.80 bits per heavy atom. The number of nitrogens with zero attached hydrogens (tertiary/aromatic N) is 1. The van der Waals surface area contributed by atoms with Crippen molar-refractivity contribution in [3.05, 3.63) is 11.1 Å². The second-order valence-corrected chi connectivity index (χ2v) is 2.19. The van der Waals surface area contributed by atoms with E-state index in [1.165, 1.54) is 0 Å². The van der Waals surface area contributed by atoms with Gasteiger partial charge in [-0.25, -0.2) is 0 Å². The average Bonchev–Trinajstić information content (AvgIpc) is 1.76. The first-order valence-electron chi connectivity index (χ1n) is 1.30. The van der Waals surface area contributed by atoms with Gasteiger partial charge in [0.1, 0.15) is 0 Å². The van der Waals surface area contributed by atoms with Crippen LogP contribution in [0.2, 0.25) is 0 Å². The summed E-state index contributed by atoms with van der Waals surface area (Å²) in [6.45, 7) is 0. The minimum absolute atomic E-state index is 0.188. The van der Waals surface area contributed by atoms with Gasteiger partial charge in [0.05, 0.1) is 0 Å². The van der Waals surface area contributed by atoms with Gasteiger partial charge in [0.25, 0.3) is 0 Å². The molecule has 1 heterocycles. The molecule has 0 aromatic heterocycles. The molecule has 1 aliphatic rings. The van der Waals surface area contributed by atoms with Crippen molar-refractivity contribution in [2.75, 3.05) is 0 Å². The molecule has 1 aliphatic heterocycles. The molecule has 3 heteroatoms. The van der Waals surface area contributed by atoms with E-state index in [1.807, 2.05) is 6.20 Å². The maximum absolute atomic E-state index is 3.82. The number of nitrogens with one attached hydrogen (secondary N) is 1. The summed E-state index contributed by atoms with van der Waals surface area (Å²) in [4.78, 5) is 2.05. The molecule has 26 valence electrons. The number of hydrogen-bond donors (Lipinski definition) is 1. The van der Waals surface area contributed by atoms with E-state index in [2.05, 4.69) is 14.3 Å². The first-order valence-corrected chi connectivity index (χ1v) is 3.23. The van der Waals surface area contributed by atoms with Crippen molar-refractivity contribution in [2.45, 2.75) is 0 Å². The average molecular weight is 130 g/mol. The van der Waals surface area contributed by atoms with E-state index in [-0.39, 0.29) is 15.6 Å². The topological polar surface area (TPSA) is 24.4 Å². The third-order valence-electron chi connectivity index (χ3n) is 0.331. The van der Waals surface area contributed by atoms with E-state index >= 15 is 0 Å². The standard InChI is InChI=1S/C2H3AsN2/c1-2-4-5-3-1/h1-2H,(H,4,5). The molecule has 0 radical (unpaired) electrons. The monoisotopic (exact) mass is 130 g/mol. The molecule has 0 aromatic carbocycles. The second-order valence-electron chi connectivity index (χ2n) is 0.660. The van der Waals surface area contributed by atoms with Crippen molar-refractivity contribution in [3.63, 3.8) is 0 Å². The van der Waals surface area contributed by atoms with Crippen LogP contribution in [0, 0.1) is 0 Å². The molecule has 2 nitrogen and oxygen atoms in total. The molecule has 0 unspecified atom stereocenters.